The third kappa shape index (κ3) is 3.84. The van der Waals surface area contributed by atoms with Gasteiger partial charge in [-0.2, -0.15) is 0 Å². The molecule has 0 unspecified atom stereocenters. The van der Waals surface area contributed by atoms with E-state index in [-0.39, 0.29) is 5.78 Å². The number of Topliss-reactive ketones (excluding diaryl/α,β-unsaturated/α-hetero) is 1. The first-order valence-electron chi connectivity index (χ1n) is 7.54. The van der Waals surface area contributed by atoms with Crippen LogP contribution in [0.3, 0.4) is 0 Å². The molecule has 1 saturated carbocycles. The first-order valence-corrected chi connectivity index (χ1v) is 7.54. The van der Waals surface area contributed by atoms with Crippen molar-refractivity contribution in [2.75, 3.05) is 5.32 Å². The summed E-state index contributed by atoms with van der Waals surface area (Å²) in [5.41, 5.74) is 2.67. The van der Waals surface area contributed by atoms with Crippen LogP contribution < -0.4 is 5.32 Å². The number of hydrogen-bond acceptors (Lipinski definition) is 2. The van der Waals surface area contributed by atoms with Gasteiger partial charge in [0.2, 0.25) is 0 Å². The van der Waals surface area contributed by atoms with Crippen molar-refractivity contribution in [2.45, 2.75) is 59.9 Å². The van der Waals surface area contributed by atoms with E-state index < -0.39 is 0 Å². The quantitative estimate of drug-likeness (QED) is 0.793. The predicted octanol–water partition coefficient (Wildman–Crippen LogP) is 4.91. The number of anilines is 1. The fourth-order valence-corrected chi connectivity index (χ4v) is 3.98. The Balaban J connectivity index is 2.07. The third-order valence-corrected chi connectivity index (χ3v) is 4.22. The topological polar surface area (TPSA) is 29.1 Å². The predicted molar refractivity (Wildman–Crippen MR) is 85.3 cm³/mol. The molecule has 0 spiro atoms. The van der Waals surface area contributed by atoms with Crippen molar-refractivity contribution in [3.63, 3.8) is 0 Å². The van der Waals surface area contributed by atoms with Crippen LogP contribution in [0.25, 0.3) is 0 Å². The van der Waals surface area contributed by atoms with Gasteiger partial charge in [-0.25, -0.2) is 0 Å². The molecule has 2 heteroatoms. The molecule has 20 heavy (non-hydrogen) atoms. The van der Waals surface area contributed by atoms with Gasteiger partial charge in [0.1, 0.15) is 0 Å². The van der Waals surface area contributed by atoms with Crippen LogP contribution in [0.1, 0.15) is 64.2 Å². The zero-order valence-corrected chi connectivity index (χ0v) is 13.4. The van der Waals surface area contributed by atoms with Crippen LogP contribution in [0, 0.1) is 10.8 Å². The number of hydrogen-bond donors (Lipinski definition) is 1. The fourth-order valence-electron chi connectivity index (χ4n) is 3.98. The molecular formula is C18H27NO. The number of ketones is 1. The second-order valence-electron chi connectivity index (χ2n) is 7.89. The van der Waals surface area contributed by atoms with Crippen LogP contribution in [0.5, 0.6) is 0 Å². The lowest BCUT2D eigenvalue weighted by atomic mass is 9.63. The number of rotatable bonds is 3. The molecule has 0 amide bonds. The molecule has 0 atom stereocenters. The molecule has 1 N–H and O–H groups in total. The molecule has 2 nitrogen and oxygen atoms in total. The minimum atomic E-state index is 0.122. The smallest absolute Gasteiger partial charge is 0.159 e. The van der Waals surface area contributed by atoms with Crippen LogP contribution in [0.2, 0.25) is 0 Å². The Hall–Kier alpha value is -1.31. The minimum Gasteiger partial charge on any atom is -0.382 e. The number of carbonyl (C=O) groups is 1. The fraction of sp³-hybridized carbons (Fsp3) is 0.611. The van der Waals surface area contributed by atoms with Crippen molar-refractivity contribution in [3.8, 4) is 0 Å². The van der Waals surface area contributed by atoms with Crippen molar-refractivity contribution >= 4 is 11.5 Å². The molecule has 0 aliphatic heterocycles. The van der Waals surface area contributed by atoms with Crippen LogP contribution >= 0.6 is 0 Å². The summed E-state index contributed by atoms with van der Waals surface area (Å²) in [4.78, 5) is 11.3. The Bertz CT molecular complexity index is 469. The Labute approximate surface area is 123 Å². The van der Waals surface area contributed by atoms with E-state index in [1.54, 1.807) is 6.92 Å². The van der Waals surface area contributed by atoms with E-state index in [1.165, 1.54) is 19.3 Å². The van der Waals surface area contributed by atoms with E-state index in [4.69, 9.17) is 0 Å². The average molecular weight is 273 g/mol. The van der Waals surface area contributed by atoms with E-state index in [1.807, 2.05) is 24.3 Å². The normalized spacial score (nSPS) is 21.4. The monoisotopic (exact) mass is 273 g/mol. The first-order chi connectivity index (χ1) is 9.17. The van der Waals surface area contributed by atoms with E-state index in [0.717, 1.165) is 11.3 Å². The summed E-state index contributed by atoms with van der Waals surface area (Å²) >= 11 is 0. The highest BCUT2D eigenvalue weighted by molar-refractivity contribution is 5.94. The van der Waals surface area contributed by atoms with Crippen molar-refractivity contribution in [1.82, 2.24) is 0 Å². The summed E-state index contributed by atoms with van der Waals surface area (Å²) in [5, 5.41) is 3.65. The highest BCUT2D eigenvalue weighted by Crippen LogP contribution is 2.46. The zero-order chi connectivity index (χ0) is 15.0. The van der Waals surface area contributed by atoms with Gasteiger partial charge in [0.25, 0.3) is 0 Å². The first kappa shape index (κ1) is 15.1. The molecular weight excluding hydrogens is 246 g/mol. The Kier molecular flexibility index (Phi) is 3.95. The van der Waals surface area contributed by atoms with Gasteiger partial charge >= 0.3 is 0 Å². The third-order valence-electron chi connectivity index (χ3n) is 4.22. The minimum absolute atomic E-state index is 0.122. The van der Waals surface area contributed by atoms with Gasteiger partial charge in [0.05, 0.1) is 0 Å². The summed E-state index contributed by atoms with van der Waals surface area (Å²) in [6, 6.07) is 8.36. The van der Waals surface area contributed by atoms with E-state index in [9.17, 15) is 4.79 Å². The lowest BCUT2D eigenvalue weighted by Gasteiger charge is -2.45. The highest BCUT2D eigenvalue weighted by Gasteiger charge is 2.38. The second-order valence-corrected chi connectivity index (χ2v) is 7.89. The molecule has 1 aromatic rings. The summed E-state index contributed by atoms with van der Waals surface area (Å²) in [5.74, 6) is 0.122. The molecule has 0 heterocycles. The standard InChI is InChI=1S/C18H27NO/c1-13(20)14-6-8-15(9-7-14)19-16-10-17(2,3)12-18(4,5)11-16/h6-9,16,19H,10-12H2,1-5H3. The molecule has 2 rings (SSSR count). The molecule has 1 aromatic carbocycles. The van der Waals surface area contributed by atoms with Crippen molar-refractivity contribution in [1.29, 1.82) is 0 Å². The maximum Gasteiger partial charge on any atom is 0.159 e. The number of benzene rings is 1. The molecule has 110 valence electrons. The van der Waals surface area contributed by atoms with Gasteiger partial charge in [0.15, 0.2) is 5.78 Å². The summed E-state index contributed by atoms with van der Waals surface area (Å²) in [6.07, 6.45) is 3.68. The molecule has 0 bridgehead atoms. The SMILES string of the molecule is CC(=O)c1ccc(NC2CC(C)(C)CC(C)(C)C2)cc1. The lowest BCUT2D eigenvalue weighted by molar-refractivity contribution is 0.101. The molecule has 0 saturated heterocycles. The van der Waals surface area contributed by atoms with Crippen molar-refractivity contribution < 1.29 is 4.79 Å². The molecule has 0 radical (unpaired) electrons. The summed E-state index contributed by atoms with van der Waals surface area (Å²) in [6.45, 7) is 11.1. The Morgan fingerprint density at radius 2 is 1.55 bits per heavy atom. The zero-order valence-electron chi connectivity index (χ0n) is 13.4. The molecule has 1 fully saturated rings. The number of carbonyl (C=O) groups excluding carboxylic acids is 1. The van der Waals surface area contributed by atoms with E-state index in [2.05, 4.69) is 33.0 Å². The average Bonchev–Trinajstić information content (AvgIpc) is 2.25. The van der Waals surface area contributed by atoms with Gasteiger partial charge in [-0.15, -0.1) is 0 Å². The van der Waals surface area contributed by atoms with Crippen molar-refractivity contribution in [2.24, 2.45) is 10.8 Å². The summed E-state index contributed by atoms with van der Waals surface area (Å²) in [7, 11) is 0. The molecule has 1 aliphatic carbocycles. The lowest BCUT2D eigenvalue weighted by Crippen LogP contribution is -2.40. The largest absolute Gasteiger partial charge is 0.382 e. The number of nitrogens with one attached hydrogen (secondary N) is 1. The van der Waals surface area contributed by atoms with Crippen LogP contribution in [0.15, 0.2) is 24.3 Å². The maximum absolute atomic E-state index is 11.3. The highest BCUT2D eigenvalue weighted by atomic mass is 16.1. The van der Waals surface area contributed by atoms with Gasteiger partial charge in [-0.1, -0.05) is 27.7 Å². The van der Waals surface area contributed by atoms with Gasteiger partial charge in [-0.05, 0) is 61.3 Å². The van der Waals surface area contributed by atoms with Crippen LogP contribution in [0.4, 0.5) is 5.69 Å². The molecule has 1 aliphatic rings. The van der Waals surface area contributed by atoms with Crippen molar-refractivity contribution in [3.05, 3.63) is 29.8 Å². The molecule has 0 aromatic heterocycles. The second kappa shape index (κ2) is 5.23. The van der Waals surface area contributed by atoms with E-state index >= 15 is 0 Å². The van der Waals surface area contributed by atoms with Crippen LogP contribution in [-0.2, 0) is 0 Å². The Morgan fingerprint density at radius 3 is 2.00 bits per heavy atom. The van der Waals surface area contributed by atoms with Gasteiger partial charge in [-0.3, -0.25) is 4.79 Å². The van der Waals surface area contributed by atoms with E-state index in [0.29, 0.717) is 16.9 Å². The Morgan fingerprint density at radius 1 is 1.05 bits per heavy atom. The van der Waals surface area contributed by atoms with Gasteiger partial charge in [0, 0.05) is 17.3 Å². The van der Waals surface area contributed by atoms with Crippen LogP contribution in [-0.4, -0.2) is 11.8 Å². The summed E-state index contributed by atoms with van der Waals surface area (Å²) < 4.78 is 0. The van der Waals surface area contributed by atoms with Gasteiger partial charge < -0.3 is 5.32 Å². The maximum atomic E-state index is 11.3.